The van der Waals surface area contributed by atoms with E-state index in [9.17, 15) is 4.79 Å². The highest BCUT2D eigenvalue weighted by Crippen LogP contribution is 2.06. The number of carbonyl (C=O) groups excluding carboxylic acids is 1. The van der Waals surface area contributed by atoms with Gasteiger partial charge < -0.3 is 24.7 Å². The molecule has 1 aliphatic heterocycles. The van der Waals surface area contributed by atoms with Gasteiger partial charge in [-0.15, -0.1) is 0 Å². The fourth-order valence-electron chi connectivity index (χ4n) is 2.45. The number of rotatable bonds is 8. The van der Waals surface area contributed by atoms with Crippen LogP contribution >= 0.6 is 0 Å². The minimum absolute atomic E-state index is 0.0648. The van der Waals surface area contributed by atoms with Gasteiger partial charge in [0.1, 0.15) is 5.69 Å². The molecule has 0 bridgehead atoms. The second-order valence-corrected chi connectivity index (χ2v) is 5.16. The van der Waals surface area contributed by atoms with Crippen LogP contribution in [-0.2, 0) is 16.0 Å². The first-order valence-corrected chi connectivity index (χ1v) is 7.56. The molecule has 0 unspecified atom stereocenters. The lowest BCUT2D eigenvalue weighted by atomic mass is 10.1. The number of nitrogens with zero attached hydrogens (tertiary/aromatic N) is 1. The summed E-state index contributed by atoms with van der Waals surface area (Å²) in [6, 6.07) is 3.69. The maximum Gasteiger partial charge on any atom is 0.267 e. The molecule has 2 N–H and O–H groups in total. The van der Waals surface area contributed by atoms with Gasteiger partial charge in [-0.3, -0.25) is 4.79 Å². The molecular formula is C15H25N3O3. The van der Waals surface area contributed by atoms with E-state index in [-0.39, 0.29) is 5.91 Å². The van der Waals surface area contributed by atoms with Gasteiger partial charge in [0, 0.05) is 26.4 Å². The summed E-state index contributed by atoms with van der Waals surface area (Å²) in [6.07, 6.45) is 4.31. The first-order chi connectivity index (χ1) is 10.3. The van der Waals surface area contributed by atoms with E-state index in [1.54, 1.807) is 7.11 Å². The highest BCUT2D eigenvalue weighted by molar-refractivity contribution is 5.92. The molecule has 1 amide bonds. The Bertz CT molecular complexity index is 428. The zero-order valence-corrected chi connectivity index (χ0v) is 12.6. The summed E-state index contributed by atoms with van der Waals surface area (Å²) in [7, 11) is 1.65. The van der Waals surface area contributed by atoms with Crippen molar-refractivity contribution in [1.29, 1.82) is 0 Å². The van der Waals surface area contributed by atoms with Crippen molar-refractivity contribution in [2.75, 3.05) is 40.0 Å². The second-order valence-electron chi connectivity index (χ2n) is 5.16. The van der Waals surface area contributed by atoms with Crippen LogP contribution in [0.5, 0.6) is 0 Å². The van der Waals surface area contributed by atoms with Gasteiger partial charge in [0.15, 0.2) is 0 Å². The maximum absolute atomic E-state index is 12.1. The van der Waals surface area contributed by atoms with E-state index in [4.69, 9.17) is 9.47 Å². The number of carbonyl (C=O) groups is 1. The Morgan fingerprint density at radius 2 is 2.24 bits per heavy atom. The lowest BCUT2D eigenvalue weighted by Crippen LogP contribution is -2.35. The van der Waals surface area contributed by atoms with Crippen molar-refractivity contribution < 1.29 is 14.3 Å². The lowest BCUT2D eigenvalue weighted by molar-refractivity contribution is 0.0342. The summed E-state index contributed by atoms with van der Waals surface area (Å²) in [6.45, 7) is 4.41. The number of piperidine rings is 1. The molecular weight excluding hydrogens is 270 g/mol. The monoisotopic (exact) mass is 295 g/mol. The Balaban J connectivity index is 1.68. The first kappa shape index (κ1) is 16.0. The summed E-state index contributed by atoms with van der Waals surface area (Å²) in [5.41, 5.74) is 0.661. The fraction of sp³-hybridized carbons (Fsp3) is 0.667. The Morgan fingerprint density at radius 1 is 1.43 bits per heavy atom. The molecule has 1 saturated heterocycles. The van der Waals surface area contributed by atoms with Crippen LogP contribution in [0.1, 0.15) is 23.3 Å². The van der Waals surface area contributed by atoms with E-state index in [1.165, 1.54) is 0 Å². The van der Waals surface area contributed by atoms with Crippen molar-refractivity contribution >= 4 is 5.91 Å². The Kier molecular flexibility index (Phi) is 6.72. The molecule has 6 heteroatoms. The molecule has 1 aromatic rings. The Morgan fingerprint density at radius 3 is 3.00 bits per heavy atom. The van der Waals surface area contributed by atoms with Gasteiger partial charge in [0.05, 0.1) is 19.3 Å². The van der Waals surface area contributed by atoms with Gasteiger partial charge in [-0.25, -0.2) is 0 Å². The van der Waals surface area contributed by atoms with E-state index in [2.05, 4.69) is 10.6 Å². The summed E-state index contributed by atoms with van der Waals surface area (Å²) in [5.74, 6) is -0.0648. The summed E-state index contributed by atoms with van der Waals surface area (Å²) in [5, 5.41) is 6.20. The van der Waals surface area contributed by atoms with E-state index >= 15 is 0 Å². The number of methoxy groups -OCH3 is 1. The molecule has 0 spiro atoms. The molecule has 21 heavy (non-hydrogen) atoms. The molecule has 0 atom stereocenters. The summed E-state index contributed by atoms with van der Waals surface area (Å²) < 4.78 is 12.7. The predicted octanol–water partition coefficient (Wildman–Crippen LogP) is 0.633. The number of hydrogen-bond acceptors (Lipinski definition) is 4. The highest BCUT2D eigenvalue weighted by atomic mass is 16.5. The smallest absolute Gasteiger partial charge is 0.267 e. The normalized spacial score (nSPS) is 16.0. The third kappa shape index (κ3) is 5.15. The lowest BCUT2D eigenvalue weighted by Gasteiger charge is -2.22. The quantitative estimate of drug-likeness (QED) is 0.691. The van der Waals surface area contributed by atoms with Crippen molar-refractivity contribution in [2.45, 2.75) is 25.5 Å². The van der Waals surface area contributed by atoms with E-state index in [0.717, 1.165) is 25.9 Å². The zero-order valence-electron chi connectivity index (χ0n) is 12.6. The second kappa shape index (κ2) is 8.81. The topological polar surface area (TPSA) is 64.5 Å². The molecule has 0 saturated carbocycles. The van der Waals surface area contributed by atoms with Crippen LogP contribution in [0.15, 0.2) is 18.3 Å². The fourth-order valence-corrected chi connectivity index (χ4v) is 2.45. The molecule has 1 aromatic heterocycles. The van der Waals surface area contributed by atoms with Crippen molar-refractivity contribution in [1.82, 2.24) is 15.2 Å². The van der Waals surface area contributed by atoms with Crippen LogP contribution in [0.4, 0.5) is 0 Å². The van der Waals surface area contributed by atoms with Crippen LogP contribution in [0.25, 0.3) is 0 Å². The standard InChI is InChI=1S/C15H25N3O3/c1-20-12-10-18-9-2-3-14(18)15(19)17-8-11-21-13-4-6-16-7-5-13/h2-3,9,13,16H,4-8,10-12H2,1H3,(H,17,19). The number of nitrogens with one attached hydrogen (secondary N) is 2. The van der Waals surface area contributed by atoms with Gasteiger partial charge in [-0.05, 0) is 38.1 Å². The zero-order chi connectivity index (χ0) is 14.9. The van der Waals surface area contributed by atoms with E-state index < -0.39 is 0 Å². The van der Waals surface area contributed by atoms with Crippen molar-refractivity contribution in [3.63, 3.8) is 0 Å². The highest BCUT2D eigenvalue weighted by Gasteiger charge is 2.13. The maximum atomic E-state index is 12.1. The molecule has 6 nitrogen and oxygen atoms in total. The van der Waals surface area contributed by atoms with E-state index in [0.29, 0.717) is 38.1 Å². The Hall–Kier alpha value is -1.37. The van der Waals surface area contributed by atoms with Gasteiger partial charge in [-0.1, -0.05) is 0 Å². The Labute approximate surface area is 125 Å². The third-order valence-electron chi connectivity index (χ3n) is 3.63. The van der Waals surface area contributed by atoms with Gasteiger partial charge in [0.2, 0.25) is 0 Å². The van der Waals surface area contributed by atoms with Crippen LogP contribution in [0.3, 0.4) is 0 Å². The number of aromatic nitrogens is 1. The SMILES string of the molecule is COCCn1cccc1C(=O)NCCOC1CCNCC1. The molecule has 0 radical (unpaired) electrons. The molecule has 2 heterocycles. The largest absolute Gasteiger partial charge is 0.383 e. The average Bonchev–Trinajstić information content (AvgIpc) is 2.99. The molecule has 118 valence electrons. The van der Waals surface area contributed by atoms with Gasteiger partial charge in [-0.2, -0.15) is 0 Å². The number of hydrogen-bond donors (Lipinski definition) is 2. The van der Waals surface area contributed by atoms with Crippen molar-refractivity contribution in [3.05, 3.63) is 24.0 Å². The molecule has 0 aromatic carbocycles. The van der Waals surface area contributed by atoms with Gasteiger partial charge >= 0.3 is 0 Å². The minimum atomic E-state index is -0.0648. The van der Waals surface area contributed by atoms with Crippen LogP contribution in [-0.4, -0.2) is 56.5 Å². The number of ether oxygens (including phenoxy) is 2. The van der Waals surface area contributed by atoms with Crippen molar-refractivity contribution in [2.24, 2.45) is 0 Å². The summed E-state index contributed by atoms with van der Waals surface area (Å²) >= 11 is 0. The summed E-state index contributed by atoms with van der Waals surface area (Å²) in [4.78, 5) is 12.1. The molecule has 2 rings (SSSR count). The van der Waals surface area contributed by atoms with Crippen molar-refractivity contribution in [3.8, 4) is 0 Å². The van der Waals surface area contributed by atoms with Gasteiger partial charge in [0.25, 0.3) is 5.91 Å². The average molecular weight is 295 g/mol. The van der Waals surface area contributed by atoms with Crippen LogP contribution in [0, 0.1) is 0 Å². The third-order valence-corrected chi connectivity index (χ3v) is 3.63. The minimum Gasteiger partial charge on any atom is -0.383 e. The molecule has 1 aliphatic rings. The molecule has 0 aliphatic carbocycles. The van der Waals surface area contributed by atoms with Crippen LogP contribution in [0.2, 0.25) is 0 Å². The van der Waals surface area contributed by atoms with Crippen LogP contribution < -0.4 is 10.6 Å². The first-order valence-electron chi connectivity index (χ1n) is 7.56. The molecule has 1 fully saturated rings. The predicted molar refractivity (Wildman–Crippen MR) is 80.5 cm³/mol. The van der Waals surface area contributed by atoms with E-state index in [1.807, 2.05) is 22.9 Å². The number of amides is 1.